The molecule has 0 aromatic heterocycles. The first-order valence-corrected chi connectivity index (χ1v) is 9.67. The molecule has 0 bridgehead atoms. The van der Waals surface area contributed by atoms with E-state index < -0.39 is 11.7 Å². The third kappa shape index (κ3) is 4.60. The molecule has 1 amide bonds. The molecule has 0 atom stereocenters. The summed E-state index contributed by atoms with van der Waals surface area (Å²) in [5.41, 5.74) is 0.246. The zero-order valence-electron chi connectivity index (χ0n) is 15.9. The Balaban J connectivity index is 1.72. The Morgan fingerprint density at radius 3 is 2.10 bits per heavy atom. The van der Waals surface area contributed by atoms with Gasteiger partial charge in [0.2, 0.25) is 0 Å². The Kier molecular flexibility index (Phi) is 6.26. The molecule has 1 saturated heterocycles. The largest absolute Gasteiger partial charge is 0.495 e. The molecule has 0 spiro atoms. The van der Waals surface area contributed by atoms with Crippen LogP contribution in [0.1, 0.15) is 15.9 Å². The minimum Gasteiger partial charge on any atom is -0.495 e. The van der Waals surface area contributed by atoms with Crippen molar-refractivity contribution in [1.82, 2.24) is 4.90 Å². The van der Waals surface area contributed by atoms with E-state index in [4.69, 9.17) is 9.47 Å². The highest BCUT2D eigenvalue weighted by atomic mass is 79.9. The van der Waals surface area contributed by atoms with Crippen LogP contribution in [0.5, 0.6) is 11.5 Å². The van der Waals surface area contributed by atoms with E-state index >= 15 is 0 Å². The van der Waals surface area contributed by atoms with Crippen LogP contribution in [-0.2, 0) is 6.18 Å². The second-order valence-corrected chi connectivity index (χ2v) is 7.32. The molecule has 5 nitrogen and oxygen atoms in total. The number of benzene rings is 2. The third-order valence-corrected chi connectivity index (χ3v) is 5.58. The van der Waals surface area contributed by atoms with Gasteiger partial charge in [0, 0.05) is 37.4 Å². The zero-order valence-corrected chi connectivity index (χ0v) is 17.5. The van der Waals surface area contributed by atoms with Gasteiger partial charge in [0.25, 0.3) is 5.91 Å². The summed E-state index contributed by atoms with van der Waals surface area (Å²) in [6.45, 7) is 1.68. The van der Waals surface area contributed by atoms with Crippen molar-refractivity contribution in [2.24, 2.45) is 0 Å². The van der Waals surface area contributed by atoms with Crippen LogP contribution in [0, 0.1) is 0 Å². The number of amides is 1. The second-order valence-electron chi connectivity index (χ2n) is 6.52. The lowest BCUT2D eigenvalue weighted by Gasteiger charge is -2.36. The van der Waals surface area contributed by atoms with E-state index in [1.807, 2.05) is 4.90 Å². The van der Waals surface area contributed by atoms with Gasteiger partial charge in [-0.2, -0.15) is 13.2 Å². The minimum atomic E-state index is -4.38. The van der Waals surface area contributed by atoms with Crippen LogP contribution in [0.4, 0.5) is 18.9 Å². The number of hydrogen-bond acceptors (Lipinski definition) is 4. The number of piperazine rings is 1. The van der Waals surface area contributed by atoms with Crippen LogP contribution in [0.15, 0.2) is 40.9 Å². The average Bonchev–Trinajstić information content (AvgIpc) is 2.73. The van der Waals surface area contributed by atoms with Gasteiger partial charge in [-0.1, -0.05) is 6.07 Å². The molecule has 9 heteroatoms. The molecule has 0 saturated carbocycles. The molecule has 0 unspecified atom stereocenters. The van der Waals surface area contributed by atoms with Gasteiger partial charge in [-0.15, -0.1) is 0 Å². The molecule has 2 aromatic carbocycles. The molecule has 1 heterocycles. The molecule has 3 rings (SSSR count). The van der Waals surface area contributed by atoms with E-state index in [1.165, 1.54) is 20.3 Å². The van der Waals surface area contributed by atoms with E-state index in [9.17, 15) is 18.0 Å². The quantitative estimate of drug-likeness (QED) is 0.659. The zero-order chi connectivity index (χ0) is 21.2. The molecular weight excluding hydrogens is 453 g/mol. The summed E-state index contributed by atoms with van der Waals surface area (Å²) in [5, 5.41) is 0. The number of rotatable bonds is 4. The predicted molar refractivity (Wildman–Crippen MR) is 107 cm³/mol. The summed E-state index contributed by atoms with van der Waals surface area (Å²) in [6, 6.07) is 8.51. The molecule has 0 radical (unpaired) electrons. The van der Waals surface area contributed by atoms with Gasteiger partial charge in [0.1, 0.15) is 16.0 Å². The van der Waals surface area contributed by atoms with E-state index in [1.54, 1.807) is 23.1 Å². The van der Waals surface area contributed by atoms with Crippen LogP contribution in [0.25, 0.3) is 0 Å². The van der Waals surface area contributed by atoms with Gasteiger partial charge in [0.05, 0.1) is 19.8 Å². The van der Waals surface area contributed by atoms with Crippen molar-refractivity contribution in [2.75, 3.05) is 45.3 Å². The Hall–Kier alpha value is -2.42. The number of halogens is 4. The standard InChI is InChI=1S/C20H20BrF3N2O3/c1-28-16-10-13(11-17(29-2)18(16)21)19(27)26-8-6-25(7-9-26)15-5-3-4-14(12-15)20(22,23)24/h3-5,10-12H,6-9H2,1-2H3. The van der Waals surface area contributed by atoms with Crippen molar-refractivity contribution >= 4 is 27.5 Å². The Bertz CT molecular complexity index is 872. The monoisotopic (exact) mass is 472 g/mol. The van der Waals surface area contributed by atoms with Crippen molar-refractivity contribution in [2.45, 2.75) is 6.18 Å². The SMILES string of the molecule is COc1cc(C(=O)N2CCN(c3cccc(C(F)(F)F)c3)CC2)cc(OC)c1Br. The maximum atomic E-state index is 12.9. The molecule has 1 aliphatic heterocycles. The number of anilines is 1. The maximum absolute atomic E-state index is 12.9. The molecule has 0 N–H and O–H groups in total. The lowest BCUT2D eigenvalue weighted by atomic mass is 10.1. The third-order valence-electron chi connectivity index (χ3n) is 4.80. The van der Waals surface area contributed by atoms with Crippen molar-refractivity contribution in [3.63, 3.8) is 0 Å². The number of nitrogens with zero attached hydrogens (tertiary/aromatic N) is 2. The van der Waals surface area contributed by atoms with E-state index in [0.717, 1.165) is 12.1 Å². The number of methoxy groups -OCH3 is 2. The molecular formula is C20H20BrF3N2O3. The highest BCUT2D eigenvalue weighted by Gasteiger charge is 2.31. The fraction of sp³-hybridized carbons (Fsp3) is 0.350. The van der Waals surface area contributed by atoms with Crippen LogP contribution in [0.3, 0.4) is 0 Å². The molecule has 2 aromatic rings. The Morgan fingerprint density at radius 1 is 1.00 bits per heavy atom. The molecule has 156 valence electrons. The molecule has 1 fully saturated rings. The van der Waals surface area contributed by atoms with Gasteiger partial charge < -0.3 is 19.3 Å². The van der Waals surface area contributed by atoms with Crippen molar-refractivity contribution in [3.05, 3.63) is 52.0 Å². The topological polar surface area (TPSA) is 42.0 Å². The van der Waals surface area contributed by atoms with Gasteiger partial charge in [-0.3, -0.25) is 4.79 Å². The van der Waals surface area contributed by atoms with Crippen molar-refractivity contribution < 1.29 is 27.4 Å². The van der Waals surface area contributed by atoms with Gasteiger partial charge in [-0.25, -0.2) is 0 Å². The number of alkyl halides is 3. The van der Waals surface area contributed by atoms with Crippen LogP contribution >= 0.6 is 15.9 Å². The first-order chi connectivity index (χ1) is 13.7. The number of carbonyl (C=O) groups is 1. The first kappa shape index (κ1) is 21.3. The lowest BCUT2D eigenvalue weighted by molar-refractivity contribution is -0.137. The summed E-state index contributed by atoms with van der Waals surface area (Å²) in [7, 11) is 3.00. The maximum Gasteiger partial charge on any atom is 0.416 e. The van der Waals surface area contributed by atoms with Crippen LogP contribution in [0.2, 0.25) is 0 Å². The Morgan fingerprint density at radius 2 is 1.59 bits per heavy atom. The molecule has 29 heavy (non-hydrogen) atoms. The van der Waals surface area contributed by atoms with E-state index in [-0.39, 0.29) is 5.91 Å². The predicted octanol–water partition coefficient (Wildman–Crippen LogP) is 4.45. The van der Waals surface area contributed by atoms with Crippen LogP contribution < -0.4 is 14.4 Å². The second kappa shape index (κ2) is 8.52. The smallest absolute Gasteiger partial charge is 0.416 e. The normalized spacial score (nSPS) is 14.7. The first-order valence-electron chi connectivity index (χ1n) is 8.87. The van der Waals surface area contributed by atoms with Gasteiger partial charge in [0.15, 0.2) is 0 Å². The van der Waals surface area contributed by atoms with E-state index in [2.05, 4.69) is 15.9 Å². The number of hydrogen-bond donors (Lipinski definition) is 0. The highest BCUT2D eigenvalue weighted by molar-refractivity contribution is 9.10. The average molecular weight is 473 g/mol. The lowest BCUT2D eigenvalue weighted by Crippen LogP contribution is -2.48. The summed E-state index contributed by atoms with van der Waals surface area (Å²) in [6.07, 6.45) is -4.38. The Labute approximate surface area is 175 Å². The van der Waals surface area contributed by atoms with Crippen molar-refractivity contribution in [3.8, 4) is 11.5 Å². The number of carbonyl (C=O) groups excluding carboxylic acids is 1. The highest BCUT2D eigenvalue weighted by Crippen LogP contribution is 2.36. The molecule has 1 aliphatic rings. The van der Waals surface area contributed by atoms with Crippen molar-refractivity contribution in [1.29, 1.82) is 0 Å². The number of ether oxygens (including phenoxy) is 2. The van der Waals surface area contributed by atoms with E-state index in [0.29, 0.717) is 53.4 Å². The van der Waals surface area contributed by atoms with Crippen LogP contribution in [-0.4, -0.2) is 51.2 Å². The molecule has 0 aliphatic carbocycles. The minimum absolute atomic E-state index is 0.183. The fourth-order valence-electron chi connectivity index (χ4n) is 3.22. The summed E-state index contributed by atoms with van der Waals surface area (Å²) < 4.78 is 50.0. The fourth-order valence-corrected chi connectivity index (χ4v) is 3.77. The summed E-state index contributed by atoms with van der Waals surface area (Å²) >= 11 is 3.37. The van der Waals surface area contributed by atoms with Gasteiger partial charge in [-0.05, 0) is 46.3 Å². The summed E-state index contributed by atoms with van der Waals surface area (Å²) in [4.78, 5) is 16.4. The van der Waals surface area contributed by atoms with Gasteiger partial charge >= 0.3 is 6.18 Å². The summed E-state index contributed by atoms with van der Waals surface area (Å²) in [5.74, 6) is 0.781.